The molecule has 1 atom stereocenters. The Kier molecular flexibility index (Phi) is 4.41. The summed E-state index contributed by atoms with van der Waals surface area (Å²) in [4.78, 5) is 10.3. The van der Waals surface area contributed by atoms with Gasteiger partial charge >= 0.3 is 0 Å². The fourth-order valence-electron chi connectivity index (χ4n) is 0.702. The second kappa shape index (κ2) is 4.57. The lowest BCUT2D eigenvalue weighted by atomic mass is 10.1. The molecular formula is C7H16N2O2S. The van der Waals surface area contributed by atoms with Crippen LogP contribution in [0.3, 0.4) is 0 Å². The Labute approximate surface area is 75.1 Å². The summed E-state index contributed by atoms with van der Waals surface area (Å²) in [5.41, 5.74) is 10.1. The van der Waals surface area contributed by atoms with Crippen molar-refractivity contribution >= 4 is 16.7 Å². The van der Waals surface area contributed by atoms with Crippen LogP contribution < -0.4 is 11.5 Å². The van der Waals surface area contributed by atoms with Crippen LogP contribution in [0.25, 0.3) is 0 Å². The van der Waals surface area contributed by atoms with Gasteiger partial charge in [-0.3, -0.25) is 9.00 Å². The van der Waals surface area contributed by atoms with Gasteiger partial charge in [0.2, 0.25) is 5.91 Å². The standard InChI is InChI=1S/C7H16N2O2S/c1-7(2,9)5-12(11)4-3-6(8)10/h3-5,9H2,1-2H3,(H2,8,10). The lowest BCUT2D eigenvalue weighted by Gasteiger charge is -2.16. The smallest absolute Gasteiger partial charge is 0.218 e. The Morgan fingerprint density at radius 1 is 1.50 bits per heavy atom. The van der Waals surface area contributed by atoms with Crippen LogP contribution in [0, 0.1) is 0 Å². The molecule has 1 unspecified atom stereocenters. The zero-order valence-electron chi connectivity index (χ0n) is 7.50. The number of rotatable bonds is 5. The molecule has 72 valence electrons. The summed E-state index contributed by atoms with van der Waals surface area (Å²) in [5.74, 6) is 0.300. The van der Waals surface area contributed by atoms with Crippen LogP contribution in [0.1, 0.15) is 20.3 Å². The van der Waals surface area contributed by atoms with Gasteiger partial charge in [0.1, 0.15) is 0 Å². The Morgan fingerprint density at radius 3 is 2.33 bits per heavy atom. The first-order valence-electron chi connectivity index (χ1n) is 3.73. The highest BCUT2D eigenvalue weighted by Crippen LogP contribution is 2.00. The van der Waals surface area contributed by atoms with E-state index in [2.05, 4.69) is 0 Å². The van der Waals surface area contributed by atoms with E-state index >= 15 is 0 Å². The summed E-state index contributed by atoms with van der Waals surface area (Å²) in [7, 11) is -1.04. The second-order valence-corrected chi connectivity index (χ2v) is 5.07. The number of nitrogens with two attached hydrogens (primary N) is 2. The van der Waals surface area contributed by atoms with Gasteiger partial charge in [-0.1, -0.05) is 0 Å². The van der Waals surface area contributed by atoms with Gasteiger partial charge in [0.25, 0.3) is 0 Å². The second-order valence-electron chi connectivity index (χ2n) is 3.49. The number of carbonyl (C=O) groups is 1. The quantitative estimate of drug-likeness (QED) is 0.606. The molecule has 0 aliphatic heterocycles. The molecular weight excluding hydrogens is 176 g/mol. The molecule has 0 aromatic rings. The highest BCUT2D eigenvalue weighted by atomic mass is 32.2. The molecule has 0 bridgehead atoms. The van der Waals surface area contributed by atoms with E-state index in [1.807, 2.05) is 0 Å². The van der Waals surface area contributed by atoms with E-state index in [1.54, 1.807) is 13.8 Å². The first-order chi connectivity index (χ1) is 5.31. The number of amides is 1. The largest absolute Gasteiger partial charge is 0.370 e. The van der Waals surface area contributed by atoms with Gasteiger partial charge in [-0.2, -0.15) is 0 Å². The SMILES string of the molecule is CC(C)(N)CS(=O)CCC(N)=O. The average Bonchev–Trinajstić information content (AvgIpc) is 1.79. The first kappa shape index (κ1) is 11.6. The zero-order chi connectivity index (χ0) is 9.78. The molecule has 0 aromatic heterocycles. The van der Waals surface area contributed by atoms with E-state index < -0.39 is 22.2 Å². The van der Waals surface area contributed by atoms with Crippen molar-refractivity contribution in [2.75, 3.05) is 11.5 Å². The van der Waals surface area contributed by atoms with Crippen LogP contribution in [0.15, 0.2) is 0 Å². The molecule has 0 aliphatic carbocycles. The fraction of sp³-hybridized carbons (Fsp3) is 0.857. The third-order valence-electron chi connectivity index (χ3n) is 1.11. The Morgan fingerprint density at radius 2 is 2.00 bits per heavy atom. The molecule has 0 aliphatic rings. The van der Waals surface area contributed by atoms with Gasteiger partial charge in [0.15, 0.2) is 0 Å². The molecule has 0 saturated heterocycles. The minimum absolute atomic E-state index is 0.169. The van der Waals surface area contributed by atoms with Crippen LogP contribution in [0.2, 0.25) is 0 Å². The summed E-state index contributed by atoms with van der Waals surface area (Å²) in [6.07, 6.45) is 0.169. The normalized spacial score (nSPS) is 14.2. The molecule has 0 fully saturated rings. The maximum atomic E-state index is 11.2. The predicted octanol–water partition coefficient (Wildman–Crippen LogP) is -0.652. The van der Waals surface area contributed by atoms with E-state index in [1.165, 1.54) is 0 Å². The molecule has 0 rings (SSSR count). The molecule has 0 spiro atoms. The van der Waals surface area contributed by atoms with E-state index in [4.69, 9.17) is 11.5 Å². The molecule has 4 nitrogen and oxygen atoms in total. The van der Waals surface area contributed by atoms with Crippen LogP contribution in [0.4, 0.5) is 0 Å². The third-order valence-corrected chi connectivity index (χ3v) is 2.83. The molecule has 1 amide bonds. The van der Waals surface area contributed by atoms with Crippen molar-refractivity contribution in [1.82, 2.24) is 0 Å². The van der Waals surface area contributed by atoms with E-state index in [0.29, 0.717) is 11.5 Å². The molecule has 0 heterocycles. The van der Waals surface area contributed by atoms with Crippen molar-refractivity contribution in [2.24, 2.45) is 11.5 Å². The Bertz CT molecular complexity index is 186. The Balaban J connectivity index is 3.68. The summed E-state index contributed by atoms with van der Waals surface area (Å²) in [5, 5.41) is 0. The van der Waals surface area contributed by atoms with Crippen molar-refractivity contribution in [1.29, 1.82) is 0 Å². The van der Waals surface area contributed by atoms with Gasteiger partial charge in [0, 0.05) is 34.3 Å². The lowest BCUT2D eigenvalue weighted by Crippen LogP contribution is -2.38. The summed E-state index contributed by atoms with van der Waals surface area (Å²) < 4.78 is 11.2. The van der Waals surface area contributed by atoms with Gasteiger partial charge in [-0.05, 0) is 13.8 Å². The first-order valence-corrected chi connectivity index (χ1v) is 5.22. The summed E-state index contributed by atoms with van der Waals surface area (Å²) in [6.45, 7) is 3.60. The van der Waals surface area contributed by atoms with Crippen molar-refractivity contribution in [2.45, 2.75) is 25.8 Å². The number of hydrogen-bond donors (Lipinski definition) is 2. The van der Waals surface area contributed by atoms with Crippen LogP contribution >= 0.6 is 0 Å². The molecule has 0 radical (unpaired) electrons. The van der Waals surface area contributed by atoms with Gasteiger partial charge < -0.3 is 11.5 Å². The van der Waals surface area contributed by atoms with Crippen molar-refractivity contribution in [3.05, 3.63) is 0 Å². The topological polar surface area (TPSA) is 86.2 Å². The van der Waals surface area contributed by atoms with Crippen molar-refractivity contribution in [3.63, 3.8) is 0 Å². The maximum absolute atomic E-state index is 11.2. The predicted molar refractivity (Wildman–Crippen MR) is 50.0 cm³/mol. The number of hydrogen-bond acceptors (Lipinski definition) is 3. The fourth-order valence-corrected chi connectivity index (χ4v) is 2.10. The van der Waals surface area contributed by atoms with E-state index in [-0.39, 0.29) is 6.42 Å². The van der Waals surface area contributed by atoms with E-state index in [0.717, 1.165) is 0 Å². The summed E-state index contributed by atoms with van der Waals surface area (Å²) in [6, 6.07) is 0. The monoisotopic (exact) mass is 192 g/mol. The van der Waals surface area contributed by atoms with Gasteiger partial charge in [-0.15, -0.1) is 0 Å². The van der Waals surface area contributed by atoms with Gasteiger partial charge in [-0.25, -0.2) is 0 Å². The number of primary amides is 1. The summed E-state index contributed by atoms with van der Waals surface area (Å²) >= 11 is 0. The van der Waals surface area contributed by atoms with E-state index in [9.17, 15) is 9.00 Å². The lowest BCUT2D eigenvalue weighted by molar-refractivity contribution is -0.117. The van der Waals surface area contributed by atoms with Gasteiger partial charge in [0.05, 0.1) is 0 Å². The molecule has 0 aromatic carbocycles. The Hall–Kier alpha value is -0.420. The minimum atomic E-state index is -1.04. The molecule has 0 saturated carbocycles. The van der Waals surface area contributed by atoms with Crippen LogP contribution in [0.5, 0.6) is 0 Å². The van der Waals surface area contributed by atoms with Crippen molar-refractivity contribution in [3.8, 4) is 0 Å². The average molecular weight is 192 g/mol. The number of carbonyl (C=O) groups excluding carboxylic acids is 1. The third kappa shape index (κ3) is 7.68. The highest BCUT2D eigenvalue weighted by molar-refractivity contribution is 7.85. The molecule has 4 N–H and O–H groups in total. The molecule has 5 heteroatoms. The zero-order valence-corrected chi connectivity index (χ0v) is 8.32. The van der Waals surface area contributed by atoms with Crippen LogP contribution in [-0.4, -0.2) is 27.2 Å². The molecule has 12 heavy (non-hydrogen) atoms. The minimum Gasteiger partial charge on any atom is -0.370 e. The van der Waals surface area contributed by atoms with Crippen molar-refractivity contribution < 1.29 is 9.00 Å². The maximum Gasteiger partial charge on any atom is 0.218 e. The highest BCUT2D eigenvalue weighted by Gasteiger charge is 2.15. The van der Waals surface area contributed by atoms with Crippen LogP contribution in [-0.2, 0) is 15.6 Å².